The molecule has 0 amide bonds. The summed E-state index contributed by atoms with van der Waals surface area (Å²) in [6.07, 6.45) is -0.0972. The molecule has 1 aliphatic heterocycles. The molecule has 1 saturated heterocycles. The third kappa shape index (κ3) is 1.62. The molecule has 0 bridgehead atoms. The molecule has 1 rings (SSSR count). The number of hydrogen-bond acceptors (Lipinski definition) is 2. The Morgan fingerprint density at radius 2 is 2.12 bits per heavy atom. The van der Waals surface area contributed by atoms with Gasteiger partial charge in [0.1, 0.15) is 0 Å². The van der Waals surface area contributed by atoms with E-state index >= 15 is 0 Å². The van der Waals surface area contributed by atoms with Gasteiger partial charge in [-0.3, -0.25) is 0 Å². The van der Waals surface area contributed by atoms with E-state index in [4.69, 9.17) is 5.11 Å². The minimum absolute atomic E-state index is 0. The zero-order chi connectivity index (χ0) is 5.28. The molecule has 50 valence electrons. The first-order valence-electron chi connectivity index (χ1n) is 2.69. The van der Waals surface area contributed by atoms with Gasteiger partial charge in [0.05, 0.1) is 6.10 Å². The largest absolute Gasteiger partial charge is 0.391 e. The summed E-state index contributed by atoms with van der Waals surface area (Å²) in [5.41, 5.74) is 0. The van der Waals surface area contributed by atoms with Crippen molar-refractivity contribution in [2.24, 2.45) is 5.92 Å². The van der Waals surface area contributed by atoms with E-state index in [1.54, 1.807) is 0 Å². The van der Waals surface area contributed by atoms with Gasteiger partial charge >= 0.3 is 0 Å². The number of β-amino-alcohol motifs (C(OH)–C–C–N with tert-alkyl or cyclic N) is 1. The van der Waals surface area contributed by atoms with E-state index in [2.05, 4.69) is 5.32 Å². The van der Waals surface area contributed by atoms with E-state index in [1.807, 2.05) is 6.92 Å². The lowest BCUT2D eigenvalue weighted by Gasteiger charge is -2.02. The Hall–Kier alpha value is 0.210. The zero-order valence-electron chi connectivity index (χ0n) is 4.92. The number of rotatable bonds is 0. The third-order valence-corrected chi connectivity index (χ3v) is 1.48. The molecule has 8 heavy (non-hydrogen) atoms. The van der Waals surface area contributed by atoms with Gasteiger partial charge in [0.25, 0.3) is 0 Å². The second-order valence-corrected chi connectivity index (χ2v) is 2.20. The van der Waals surface area contributed by atoms with Crippen LogP contribution in [-0.4, -0.2) is 24.3 Å². The fraction of sp³-hybridized carbons (Fsp3) is 1.00. The summed E-state index contributed by atoms with van der Waals surface area (Å²) in [7, 11) is 0. The Morgan fingerprint density at radius 3 is 2.25 bits per heavy atom. The highest BCUT2D eigenvalue weighted by molar-refractivity contribution is 5.85. The van der Waals surface area contributed by atoms with Gasteiger partial charge in [-0.05, 0) is 5.92 Å². The molecule has 0 aromatic carbocycles. The van der Waals surface area contributed by atoms with Crippen LogP contribution in [0.25, 0.3) is 0 Å². The first kappa shape index (κ1) is 8.21. The van der Waals surface area contributed by atoms with E-state index in [0.717, 1.165) is 13.1 Å². The van der Waals surface area contributed by atoms with Gasteiger partial charge in [-0.2, -0.15) is 0 Å². The fourth-order valence-corrected chi connectivity index (χ4v) is 0.796. The molecule has 0 aromatic heterocycles. The van der Waals surface area contributed by atoms with Crippen molar-refractivity contribution in [2.45, 2.75) is 13.0 Å². The van der Waals surface area contributed by atoms with Gasteiger partial charge in [0.2, 0.25) is 0 Å². The van der Waals surface area contributed by atoms with Crippen LogP contribution >= 0.6 is 12.4 Å². The van der Waals surface area contributed by atoms with E-state index in [9.17, 15) is 0 Å². The van der Waals surface area contributed by atoms with Crippen LogP contribution in [0.2, 0.25) is 0 Å². The highest BCUT2D eigenvalue weighted by Crippen LogP contribution is 2.05. The molecule has 0 saturated carbocycles. The predicted molar refractivity (Wildman–Crippen MR) is 35.3 cm³/mol. The van der Waals surface area contributed by atoms with Crippen LogP contribution in [0.3, 0.4) is 0 Å². The van der Waals surface area contributed by atoms with Crippen molar-refractivity contribution in [1.29, 1.82) is 0 Å². The Kier molecular flexibility index (Phi) is 3.36. The van der Waals surface area contributed by atoms with Crippen LogP contribution in [0.5, 0.6) is 0 Å². The molecule has 0 aromatic rings. The molecule has 1 aliphatic rings. The van der Waals surface area contributed by atoms with Gasteiger partial charge in [0, 0.05) is 13.1 Å². The van der Waals surface area contributed by atoms with Gasteiger partial charge < -0.3 is 10.4 Å². The standard InChI is InChI=1S/C5H11NO.ClH/c1-4-2-6-3-5(4)7;/h4-7H,2-3H2,1H3;1H/t4?,5-;/m1./s1. The predicted octanol–water partition coefficient (Wildman–Crippen LogP) is 0.00840. The lowest BCUT2D eigenvalue weighted by molar-refractivity contribution is 0.156. The van der Waals surface area contributed by atoms with Crippen molar-refractivity contribution in [3.05, 3.63) is 0 Å². The molecule has 0 radical (unpaired) electrons. The maximum atomic E-state index is 8.94. The molecular weight excluding hydrogens is 126 g/mol. The molecule has 2 nitrogen and oxygen atoms in total. The number of aliphatic hydroxyl groups is 1. The maximum Gasteiger partial charge on any atom is 0.0702 e. The molecule has 2 N–H and O–H groups in total. The Bertz CT molecular complexity index is 61.4. The van der Waals surface area contributed by atoms with Crippen LogP contribution in [0.4, 0.5) is 0 Å². The lowest BCUT2D eigenvalue weighted by atomic mass is 10.1. The normalized spacial score (nSPS) is 36.8. The summed E-state index contributed by atoms with van der Waals surface area (Å²) < 4.78 is 0. The van der Waals surface area contributed by atoms with Crippen LogP contribution in [0.15, 0.2) is 0 Å². The quantitative estimate of drug-likeness (QED) is 0.493. The van der Waals surface area contributed by atoms with E-state index in [1.165, 1.54) is 0 Å². The van der Waals surface area contributed by atoms with Crippen molar-refractivity contribution < 1.29 is 5.11 Å². The van der Waals surface area contributed by atoms with Crippen molar-refractivity contribution in [3.8, 4) is 0 Å². The fourth-order valence-electron chi connectivity index (χ4n) is 0.796. The summed E-state index contributed by atoms with van der Waals surface area (Å²) in [6.45, 7) is 3.80. The molecule has 3 heteroatoms. The van der Waals surface area contributed by atoms with Crippen LogP contribution in [0.1, 0.15) is 6.92 Å². The highest BCUT2D eigenvalue weighted by Gasteiger charge is 2.18. The second-order valence-electron chi connectivity index (χ2n) is 2.20. The molecule has 0 spiro atoms. The first-order valence-corrected chi connectivity index (χ1v) is 2.69. The van der Waals surface area contributed by atoms with Crippen molar-refractivity contribution in [3.63, 3.8) is 0 Å². The minimum atomic E-state index is -0.0972. The smallest absolute Gasteiger partial charge is 0.0702 e. The number of hydrogen-bond donors (Lipinski definition) is 2. The maximum absolute atomic E-state index is 8.94. The topological polar surface area (TPSA) is 32.3 Å². The highest BCUT2D eigenvalue weighted by atomic mass is 35.5. The number of nitrogens with one attached hydrogen (secondary N) is 1. The van der Waals surface area contributed by atoms with Crippen LogP contribution < -0.4 is 5.32 Å². The summed E-state index contributed by atoms with van der Waals surface area (Å²) >= 11 is 0. The Labute approximate surface area is 55.7 Å². The average Bonchev–Trinajstić information content (AvgIpc) is 1.91. The molecule has 1 unspecified atom stereocenters. The van der Waals surface area contributed by atoms with Crippen molar-refractivity contribution >= 4 is 12.4 Å². The van der Waals surface area contributed by atoms with Crippen LogP contribution in [0, 0.1) is 5.92 Å². The minimum Gasteiger partial charge on any atom is -0.391 e. The monoisotopic (exact) mass is 137 g/mol. The molecule has 2 atom stereocenters. The first-order chi connectivity index (χ1) is 3.30. The summed E-state index contributed by atoms with van der Waals surface area (Å²) in [6, 6.07) is 0. The van der Waals surface area contributed by atoms with Gasteiger partial charge in [0.15, 0.2) is 0 Å². The zero-order valence-corrected chi connectivity index (χ0v) is 5.74. The summed E-state index contributed by atoms with van der Waals surface area (Å²) in [5.74, 6) is 0.458. The lowest BCUT2D eigenvalue weighted by Crippen LogP contribution is -2.14. The van der Waals surface area contributed by atoms with E-state index in [0.29, 0.717) is 5.92 Å². The number of halogens is 1. The third-order valence-electron chi connectivity index (χ3n) is 1.48. The molecule has 0 aliphatic carbocycles. The summed E-state index contributed by atoms with van der Waals surface area (Å²) in [5, 5.41) is 12.0. The van der Waals surface area contributed by atoms with Gasteiger partial charge in [-0.15, -0.1) is 12.4 Å². The summed E-state index contributed by atoms with van der Waals surface area (Å²) in [4.78, 5) is 0. The van der Waals surface area contributed by atoms with E-state index in [-0.39, 0.29) is 18.5 Å². The Morgan fingerprint density at radius 1 is 1.50 bits per heavy atom. The van der Waals surface area contributed by atoms with Crippen LogP contribution in [-0.2, 0) is 0 Å². The molecule has 1 fully saturated rings. The van der Waals surface area contributed by atoms with Gasteiger partial charge in [-0.25, -0.2) is 0 Å². The number of aliphatic hydroxyl groups excluding tert-OH is 1. The average molecular weight is 138 g/mol. The second kappa shape index (κ2) is 3.28. The molecular formula is C5H12ClNO. The molecule has 1 heterocycles. The Balaban J connectivity index is 0.000000490. The van der Waals surface area contributed by atoms with Gasteiger partial charge in [-0.1, -0.05) is 6.92 Å². The SMILES string of the molecule is CC1CNC[C@H]1O.Cl. The van der Waals surface area contributed by atoms with E-state index < -0.39 is 0 Å². The van der Waals surface area contributed by atoms with Crippen molar-refractivity contribution in [2.75, 3.05) is 13.1 Å². The van der Waals surface area contributed by atoms with Crippen molar-refractivity contribution in [1.82, 2.24) is 5.32 Å².